The first-order chi connectivity index (χ1) is 24.1. The van der Waals surface area contributed by atoms with Crippen LogP contribution in [0.4, 0.5) is 0 Å². The SMILES string of the molecule is C=C/C=C(C=C)/C=C(\C)c1cccc(-c2nc(-c3ccc(-c4cccnc4)cc3)cc(-c3ccc(-c4ccc5ccccc5c4)cc3)n2)c1. The topological polar surface area (TPSA) is 38.7 Å². The highest BCUT2D eigenvalue weighted by molar-refractivity contribution is 5.87. The monoisotopic (exact) mass is 629 g/mol. The predicted molar refractivity (Wildman–Crippen MR) is 207 cm³/mol. The van der Waals surface area contributed by atoms with Gasteiger partial charge in [-0.15, -0.1) is 0 Å². The van der Waals surface area contributed by atoms with Crippen molar-refractivity contribution in [2.75, 3.05) is 0 Å². The van der Waals surface area contributed by atoms with Gasteiger partial charge in [0.25, 0.3) is 0 Å². The Morgan fingerprint density at radius 3 is 1.84 bits per heavy atom. The van der Waals surface area contributed by atoms with Gasteiger partial charge in [-0.1, -0.05) is 147 Å². The molecule has 7 rings (SSSR count). The van der Waals surface area contributed by atoms with Crippen molar-refractivity contribution in [1.29, 1.82) is 0 Å². The van der Waals surface area contributed by atoms with Crippen LogP contribution in [0.25, 0.3) is 72.5 Å². The van der Waals surface area contributed by atoms with Crippen molar-refractivity contribution < 1.29 is 0 Å². The normalized spacial score (nSPS) is 11.8. The smallest absolute Gasteiger partial charge is 0.160 e. The third-order valence-electron chi connectivity index (χ3n) is 8.67. The molecule has 0 radical (unpaired) electrons. The zero-order valence-corrected chi connectivity index (χ0v) is 27.4. The van der Waals surface area contributed by atoms with Crippen LogP contribution < -0.4 is 0 Å². The molecule has 234 valence electrons. The van der Waals surface area contributed by atoms with Crippen LogP contribution in [0.1, 0.15) is 12.5 Å². The van der Waals surface area contributed by atoms with Crippen molar-refractivity contribution in [3.63, 3.8) is 0 Å². The first-order valence-corrected chi connectivity index (χ1v) is 16.3. The first kappa shape index (κ1) is 31.2. The maximum atomic E-state index is 5.14. The third-order valence-corrected chi connectivity index (χ3v) is 8.67. The van der Waals surface area contributed by atoms with Crippen LogP contribution in [0, 0.1) is 0 Å². The summed E-state index contributed by atoms with van der Waals surface area (Å²) in [5.41, 5.74) is 12.4. The van der Waals surface area contributed by atoms with Gasteiger partial charge in [-0.3, -0.25) is 4.98 Å². The standard InChI is InChI=1S/C46H35N3/c1-4-10-33(5-2)27-32(3)39-13-8-14-42(28-39)46-48-44(30-45(49-46)38-23-18-36(19-24-38)43-15-9-26-47-31-43)37-21-16-35(17-22-37)41-25-20-34-11-6-7-12-40(34)29-41/h4-31H,1-2H2,3H3/b32-27+,33-10+. The van der Waals surface area contributed by atoms with E-state index in [4.69, 9.17) is 9.97 Å². The summed E-state index contributed by atoms with van der Waals surface area (Å²) in [6.07, 6.45) is 11.3. The molecule has 0 saturated carbocycles. The lowest BCUT2D eigenvalue weighted by Gasteiger charge is -2.12. The van der Waals surface area contributed by atoms with E-state index in [-0.39, 0.29) is 0 Å². The quantitative estimate of drug-likeness (QED) is 0.149. The molecule has 0 aliphatic heterocycles. The molecule has 7 aromatic rings. The van der Waals surface area contributed by atoms with Crippen molar-refractivity contribution >= 4 is 16.3 Å². The fourth-order valence-corrected chi connectivity index (χ4v) is 5.99. The Kier molecular flexibility index (Phi) is 8.98. The Balaban J connectivity index is 1.29. The van der Waals surface area contributed by atoms with Crippen LogP contribution in [-0.2, 0) is 0 Å². The lowest BCUT2D eigenvalue weighted by atomic mass is 9.98. The maximum Gasteiger partial charge on any atom is 0.160 e. The van der Waals surface area contributed by atoms with Crippen LogP contribution in [-0.4, -0.2) is 15.0 Å². The van der Waals surface area contributed by atoms with Crippen LogP contribution >= 0.6 is 0 Å². The van der Waals surface area contributed by atoms with Gasteiger partial charge in [0, 0.05) is 29.1 Å². The Morgan fingerprint density at radius 1 is 0.551 bits per heavy atom. The highest BCUT2D eigenvalue weighted by atomic mass is 14.9. The minimum absolute atomic E-state index is 0.669. The molecular weight excluding hydrogens is 595 g/mol. The maximum absolute atomic E-state index is 5.14. The van der Waals surface area contributed by atoms with Gasteiger partial charge in [-0.25, -0.2) is 9.97 Å². The van der Waals surface area contributed by atoms with Gasteiger partial charge < -0.3 is 0 Å². The van der Waals surface area contributed by atoms with E-state index in [1.54, 1.807) is 12.3 Å². The summed E-state index contributed by atoms with van der Waals surface area (Å²) in [5, 5.41) is 2.47. The molecule has 3 nitrogen and oxygen atoms in total. The Hall–Kier alpha value is -6.45. The molecule has 0 unspecified atom stereocenters. The van der Waals surface area contributed by atoms with Crippen LogP contribution in [0.3, 0.4) is 0 Å². The molecule has 0 spiro atoms. The molecule has 49 heavy (non-hydrogen) atoms. The van der Waals surface area contributed by atoms with Gasteiger partial charge in [0.15, 0.2) is 5.82 Å². The molecule has 0 saturated heterocycles. The number of pyridine rings is 1. The van der Waals surface area contributed by atoms with E-state index in [0.29, 0.717) is 5.82 Å². The molecule has 2 aromatic heterocycles. The lowest BCUT2D eigenvalue weighted by Crippen LogP contribution is -1.96. The molecule has 0 aliphatic carbocycles. The third kappa shape index (κ3) is 6.97. The largest absolute Gasteiger partial charge is 0.264 e. The molecule has 5 aromatic carbocycles. The van der Waals surface area contributed by atoms with E-state index in [1.165, 1.54) is 16.3 Å². The average molecular weight is 630 g/mol. The molecule has 0 amide bonds. The van der Waals surface area contributed by atoms with E-state index in [1.807, 2.05) is 24.4 Å². The Morgan fingerprint density at radius 2 is 1.18 bits per heavy atom. The van der Waals surface area contributed by atoms with Crippen molar-refractivity contribution in [1.82, 2.24) is 15.0 Å². The van der Waals surface area contributed by atoms with Crippen LogP contribution in [0.2, 0.25) is 0 Å². The Labute approximate surface area is 288 Å². The average Bonchev–Trinajstić information content (AvgIpc) is 3.18. The predicted octanol–water partition coefficient (Wildman–Crippen LogP) is 12.1. The number of hydrogen-bond acceptors (Lipinski definition) is 3. The molecule has 2 heterocycles. The summed E-state index contributed by atoms with van der Waals surface area (Å²) < 4.78 is 0. The van der Waals surface area contributed by atoms with Gasteiger partial charge in [-0.2, -0.15) is 0 Å². The van der Waals surface area contributed by atoms with E-state index < -0.39 is 0 Å². The highest BCUT2D eigenvalue weighted by Crippen LogP contribution is 2.32. The minimum Gasteiger partial charge on any atom is -0.264 e. The molecule has 0 N–H and O–H groups in total. The summed E-state index contributed by atoms with van der Waals surface area (Å²) in [4.78, 5) is 14.5. The summed E-state index contributed by atoms with van der Waals surface area (Å²) in [5.74, 6) is 0.669. The van der Waals surface area contributed by atoms with Crippen LogP contribution in [0.15, 0.2) is 189 Å². The van der Waals surface area contributed by atoms with E-state index in [0.717, 1.165) is 61.5 Å². The highest BCUT2D eigenvalue weighted by Gasteiger charge is 2.13. The fraction of sp³-hybridized carbons (Fsp3) is 0.0217. The molecule has 0 fully saturated rings. The summed E-state index contributed by atoms with van der Waals surface area (Å²) in [6.45, 7) is 9.87. The van der Waals surface area contributed by atoms with Gasteiger partial charge >= 0.3 is 0 Å². The number of allylic oxidation sites excluding steroid dienone is 6. The number of hydrogen-bond donors (Lipinski definition) is 0. The molecule has 0 atom stereocenters. The second kappa shape index (κ2) is 14.1. The minimum atomic E-state index is 0.669. The van der Waals surface area contributed by atoms with Gasteiger partial charge in [0.05, 0.1) is 11.4 Å². The second-order valence-corrected chi connectivity index (χ2v) is 11.9. The van der Waals surface area contributed by atoms with Crippen molar-refractivity contribution in [2.24, 2.45) is 0 Å². The second-order valence-electron chi connectivity index (χ2n) is 11.9. The number of benzene rings is 5. The summed E-state index contributed by atoms with van der Waals surface area (Å²) in [7, 11) is 0. The fourth-order valence-electron chi connectivity index (χ4n) is 5.99. The number of rotatable bonds is 9. The van der Waals surface area contributed by atoms with Crippen molar-refractivity contribution in [3.8, 4) is 56.2 Å². The van der Waals surface area contributed by atoms with Crippen molar-refractivity contribution in [3.05, 3.63) is 194 Å². The van der Waals surface area contributed by atoms with Crippen LogP contribution in [0.5, 0.6) is 0 Å². The first-order valence-electron chi connectivity index (χ1n) is 16.3. The lowest BCUT2D eigenvalue weighted by molar-refractivity contribution is 1.18. The molecule has 0 bridgehead atoms. The number of fused-ring (bicyclic) bond motifs is 1. The zero-order chi connectivity index (χ0) is 33.6. The summed E-state index contributed by atoms with van der Waals surface area (Å²) in [6, 6.07) is 46.7. The Bertz CT molecular complexity index is 2350. The van der Waals surface area contributed by atoms with Gasteiger partial charge in [0.2, 0.25) is 0 Å². The van der Waals surface area contributed by atoms with E-state index in [9.17, 15) is 0 Å². The summed E-state index contributed by atoms with van der Waals surface area (Å²) >= 11 is 0. The number of nitrogens with zero attached hydrogens (tertiary/aromatic N) is 3. The molecule has 3 heteroatoms. The van der Waals surface area contributed by atoms with Crippen molar-refractivity contribution in [2.45, 2.75) is 6.92 Å². The molecular formula is C46H35N3. The van der Waals surface area contributed by atoms with E-state index >= 15 is 0 Å². The molecule has 0 aliphatic rings. The number of aromatic nitrogens is 3. The zero-order valence-electron chi connectivity index (χ0n) is 27.4. The van der Waals surface area contributed by atoms with E-state index in [2.05, 4.69) is 159 Å². The van der Waals surface area contributed by atoms with Gasteiger partial charge in [-0.05, 0) is 80.9 Å². The van der Waals surface area contributed by atoms with Gasteiger partial charge in [0.1, 0.15) is 0 Å².